The standard InChI is InChI=1S/C19H28N2O3/c1-3-8-20-9-12-24-19(13-20)14-21(10-11-23-15-19)18(22)17-7-5-4-6-16(17)2/h4-7H,3,8-15H2,1-2H3. The van der Waals surface area contributed by atoms with Gasteiger partial charge in [-0.2, -0.15) is 0 Å². The van der Waals surface area contributed by atoms with Crippen LogP contribution in [-0.4, -0.2) is 73.9 Å². The van der Waals surface area contributed by atoms with Gasteiger partial charge in [-0.25, -0.2) is 0 Å². The molecule has 0 N–H and O–H groups in total. The van der Waals surface area contributed by atoms with E-state index in [4.69, 9.17) is 9.47 Å². The third-order valence-corrected chi connectivity index (χ3v) is 4.88. The zero-order valence-electron chi connectivity index (χ0n) is 14.8. The lowest BCUT2D eigenvalue weighted by atomic mass is 10.0. The van der Waals surface area contributed by atoms with Crippen LogP contribution in [0.5, 0.6) is 0 Å². The molecule has 1 aromatic carbocycles. The first-order chi connectivity index (χ1) is 11.6. The first-order valence-corrected chi connectivity index (χ1v) is 8.92. The average molecular weight is 332 g/mol. The summed E-state index contributed by atoms with van der Waals surface area (Å²) in [5.41, 5.74) is 1.39. The number of hydrogen-bond donors (Lipinski definition) is 0. The van der Waals surface area contributed by atoms with Crippen LogP contribution in [0, 0.1) is 6.92 Å². The number of benzene rings is 1. The summed E-state index contributed by atoms with van der Waals surface area (Å²) in [7, 11) is 0. The summed E-state index contributed by atoms with van der Waals surface area (Å²) in [5.74, 6) is 0.0780. The third-order valence-electron chi connectivity index (χ3n) is 4.88. The molecule has 0 aliphatic carbocycles. The van der Waals surface area contributed by atoms with Crippen molar-refractivity contribution in [1.29, 1.82) is 0 Å². The summed E-state index contributed by atoms with van der Waals surface area (Å²) in [4.78, 5) is 17.3. The van der Waals surface area contributed by atoms with Crippen molar-refractivity contribution in [1.82, 2.24) is 9.80 Å². The summed E-state index contributed by atoms with van der Waals surface area (Å²) in [6, 6.07) is 7.77. The molecule has 2 aliphatic rings. The molecule has 2 heterocycles. The molecule has 132 valence electrons. The second-order valence-electron chi connectivity index (χ2n) is 6.90. The highest BCUT2D eigenvalue weighted by atomic mass is 16.5. The van der Waals surface area contributed by atoms with Crippen LogP contribution in [0.15, 0.2) is 24.3 Å². The van der Waals surface area contributed by atoms with Crippen molar-refractivity contribution in [2.45, 2.75) is 25.9 Å². The highest BCUT2D eigenvalue weighted by molar-refractivity contribution is 5.95. The molecule has 2 saturated heterocycles. The normalized spacial score (nSPS) is 25.7. The molecule has 1 spiro atoms. The zero-order chi connectivity index (χ0) is 17.0. The lowest BCUT2D eigenvalue weighted by molar-refractivity contribution is -0.139. The molecule has 0 bridgehead atoms. The third kappa shape index (κ3) is 3.79. The van der Waals surface area contributed by atoms with E-state index >= 15 is 0 Å². The number of amides is 1. The van der Waals surface area contributed by atoms with Crippen LogP contribution in [0.3, 0.4) is 0 Å². The van der Waals surface area contributed by atoms with Gasteiger partial charge < -0.3 is 14.4 Å². The Morgan fingerprint density at radius 3 is 2.83 bits per heavy atom. The quantitative estimate of drug-likeness (QED) is 0.848. The molecule has 1 amide bonds. The minimum atomic E-state index is -0.401. The lowest BCUT2D eigenvalue weighted by Gasteiger charge is -2.43. The summed E-state index contributed by atoms with van der Waals surface area (Å²) in [6.45, 7) is 10.1. The second kappa shape index (κ2) is 7.64. The smallest absolute Gasteiger partial charge is 0.254 e. The summed E-state index contributed by atoms with van der Waals surface area (Å²) in [6.07, 6.45) is 1.13. The molecule has 0 radical (unpaired) electrons. The largest absolute Gasteiger partial charge is 0.376 e. The summed E-state index contributed by atoms with van der Waals surface area (Å²) >= 11 is 0. The second-order valence-corrected chi connectivity index (χ2v) is 6.90. The maximum atomic E-state index is 13.0. The molecule has 5 nitrogen and oxygen atoms in total. The lowest BCUT2D eigenvalue weighted by Crippen LogP contribution is -2.59. The topological polar surface area (TPSA) is 42.0 Å². The fraction of sp³-hybridized carbons (Fsp3) is 0.632. The monoisotopic (exact) mass is 332 g/mol. The van der Waals surface area contributed by atoms with Gasteiger partial charge in [0.25, 0.3) is 5.91 Å². The van der Waals surface area contributed by atoms with Gasteiger partial charge in [-0.15, -0.1) is 0 Å². The van der Waals surface area contributed by atoms with E-state index in [1.165, 1.54) is 0 Å². The van der Waals surface area contributed by atoms with Crippen molar-refractivity contribution in [3.05, 3.63) is 35.4 Å². The molecule has 24 heavy (non-hydrogen) atoms. The Morgan fingerprint density at radius 1 is 1.21 bits per heavy atom. The van der Waals surface area contributed by atoms with Gasteiger partial charge in [0.05, 0.1) is 26.4 Å². The van der Waals surface area contributed by atoms with Gasteiger partial charge in [0, 0.05) is 25.2 Å². The molecule has 0 saturated carbocycles. The van der Waals surface area contributed by atoms with Crippen molar-refractivity contribution in [2.75, 3.05) is 52.5 Å². The zero-order valence-corrected chi connectivity index (χ0v) is 14.8. The number of hydrogen-bond acceptors (Lipinski definition) is 4. The molecular formula is C19H28N2O3. The molecular weight excluding hydrogens is 304 g/mol. The van der Waals surface area contributed by atoms with Crippen molar-refractivity contribution in [3.63, 3.8) is 0 Å². The Balaban J connectivity index is 1.77. The van der Waals surface area contributed by atoms with Crippen LogP contribution in [0.2, 0.25) is 0 Å². The van der Waals surface area contributed by atoms with Gasteiger partial charge in [0.2, 0.25) is 0 Å². The first kappa shape index (κ1) is 17.4. The number of aryl methyl sites for hydroxylation is 1. The van der Waals surface area contributed by atoms with E-state index in [1.807, 2.05) is 36.1 Å². The van der Waals surface area contributed by atoms with Gasteiger partial charge in [0.1, 0.15) is 5.60 Å². The number of rotatable bonds is 3. The Labute approximate surface area is 144 Å². The van der Waals surface area contributed by atoms with Crippen molar-refractivity contribution < 1.29 is 14.3 Å². The SMILES string of the molecule is CCCN1CCOC2(COCCN(C(=O)c3ccccc3C)C2)C1. The number of carbonyl (C=O) groups excluding carboxylic acids is 1. The van der Waals surface area contributed by atoms with Gasteiger partial charge in [-0.3, -0.25) is 9.69 Å². The number of carbonyl (C=O) groups is 1. The summed E-state index contributed by atoms with van der Waals surface area (Å²) in [5, 5.41) is 0. The van der Waals surface area contributed by atoms with Gasteiger partial charge in [-0.1, -0.05) is 25.1 Å². The minimum Gasteiger partial charge on any atom is -0.376 e. The van der Waals surface area contributed by atoms with Crippen LogP contribution in [0.4, 0.5) is 0 Å². The molecule has 1 aromatic rings. The van der Waals surface area contributed by atoms with E-state index in [9.17, 15) is 4.79 Å². The van der Waals surface area contributed by atoms with Crippen molar-refractivity contribution in [2.24, 2.45) is 0 Å². The molecule has 2 fully saturated rings. The fourth-order valence-electron chi connectivity index (χ4n) is 3.68. The van der Waals surface area contributed by atoms with Crippen LogP contribution in [-0.2, 0) is 9.47 Å². The van der Waals surface area contributed by atoms with E-state index < -0.39 is 5.60 Å². The van der Waals surface area contributed by atoms with Gasteiger partial charge in [-0.05, 0) is 31.5 Å². The van der Waals surface area contributed by atoms with E-state index in [2.05, 4.69) is 11.8 Å². The van der Waals surface area contributed by atoms with E-state index in [1.54, 1.807) is 0 Å². The Hall–Kier alpha value is -1.43. The van der Waals surface area contributed by atoms with Crippen LogP contribution >= 0.6 is 0 Å². The van der Waals surface area contributed by atoms with Crippen LogP contribution in [0.25, 0.3) is 0 Å². The van der Waals surface area contributed by atoms with Gasteiger partial charge in [0.15, 0.2) is 0 Å². The first-order valence-electron chi connectivity index (χ1n) is 8.92. The van der Waals surface area contributed by atoms with Gasteiger partial charge >= 0.3 is 0 Å². The number of ether oxygens (including phenoxy) is 2. The number of morpholine rings is 1. The van der Waals surface area contributed by atoms with E-state index in [0.29, 0.717) is 32.9 Å². The molecule has 0 aromatic heterocycles. The highest BCUT2D eigenvalue weighted by Gasteiger charge is 2.41. The Bertz CT molecular complexity index is 575. The molecule has 5 heteroatoms. The van der Waals surface area contributed by atoms with Crippen molar-refractivity contribution >= 4 is 5.91 Å². The molecule has 1 unspecified atom stereocenters. The molecule has 2 aliphatic heterocycles. The highest BCUT2D eigenvalue weighted by Crippen LogP contribution is 2.24. The maximum Gasteiger partial charge on any atom is 0.254 e. The van der Waals surface area contributed by atoms with Crippen LogP contribution in [0.1, 0.15) is 29.3 Å². The van der Waals surface area contributed by atoms with E-state index in [-0.39, 0.29) is 5.91 Å². The Kier molecular flexibility index (Phi) is 5.54. The number of nitrogens with zero attached hydrogens (tertiary/aromatic N) is 2. The fourth-order valence-corrected chi connectivity index (χ4v) is 3.68. The Morgan fingerprint density at radius 2 is 2.04 bits per heavy atom. The molecule has 3 rings (SSSR count). The minimum absolute atomic E-state index is 0.0780. The molecule has 1 atom stereocenters. The van der Waals surface area contributed by atoms with Crippen LogP contribution < -0.4 is 0 Å². The summed E-state index contributed by atoms with van der Waals surface area (Å²) < 4.78 is 12.0. The van der Waals surface area contributed by atoms with E-state index in [0.717, 1.165) is 37.2 Å². The van der Waals surface area contributed by atoms with Crippen molar-refractivity contribution in [3.8, 4) is 0 Å². The maximum absolute atomic E-state index is 13.0. The average Bonchev–Trinajstić information content (AvgIpc) is 2.78. The predicted molar refractivity (Wildman–Crippen MR) is 93.3 cm³/mol. The predicted octanol–water partition coefficient (Wildman–Crippen LogP) is 1.95.